The van der Waals surface area contributed by atoms with Crippen LogP contribution >= 0.6 is 11.3 Å². The molecule has 1 unspecified atom stereocenters. The number of carbonyl (C=O) groups excluding carboxylic acids is 2. The van der Waals surface area contributed by atoms with Crippen molar-refractivity contribution < 1.29 is 19.1 Å². The van der Waals surface area contributed by atoms with Gasteiger partial charge in [-0.25, -0.2) is 0 Å². The molecule has 0 aliphatic carbocycles. The Balaban J connectivity index is 1.32. The molecule has 1 aromatic carbocycles. The number of fused-ring (bicyclic) bond motifs is 2. The van der Waals surface area contributed by atoms with Crippen molar-refractivity contribution in [2.75, 3.05) is 24.7 Å². The highest BCUT2D eigenvalue weighted by Gasteiger charge is 2.27. The fourth-order valence-corrected chi connectivity index (χ4v) is 4.41. The van der Waals surface area contributed by atoms with Gasteiger partial charge in [-0.05, 0) is 41.5 Å². The van der Waals surface area contributed by atoms with E-state index in [1.165, 1.54) is 5.56 Å². The number of nitrogens with zero attached hydrogens (tertiary/aromatic N) is 1. The quantitative estimate of drug-likeness (QED) is 0.790. The second kappa shape index (κ2) is 6.98. The molecular formula is C19H19NO4S. The highest BCUT2D eigenvalue weighted by atomic mass is 32.1. The molecule has 0 N–H and O–H groups in total. The van der Waals surface area contributed by atoms with Gasteiger partial charge in [-0.1, -0.05) is 18.2 Å². The van der Waals surface area contributed by atoms with Gasteiger partial charge in [0.1, 0.15) is 6.10 Å². The van der Waals surface area contributed by atoms with Crippen LogP contribution in [0, 0.1) is 0 Å². The number of hydrogen-bond donors (Lipinski definition) is 0. The number of rotatable bonds is 4. The molecule has 2 aliphatic heterocycles. The number of hydrogen-bond acceptors (Lipinski definition) is 5. The van der Waals surface area contributed by atoms with E-state index < -0.39 is 5.97 Å². The minimum absolute atomic E-state index is 0.150. The number of ether oxygens (including phenoxy) is 2. The van der Waals surface area contributed by atoms with Crippen molar-refractivity contribution in [1.82, 2.24) is 0 Å². The lowest BCUT2D eigenvalue weighted by Gasteiger charge is -2.22. The van der Waals surface area contributed by atoms with Crippen LogP contribution < -0.4 is 4.90 Å². The molecular weight excluding hydrogens is 338 g/mol. The van der Waals surface area contributed by atoms with E-state index in [-0.39, 0.29) is 25.0 Å². The Kier molecular flexibility index (Phi) is 4.55. The first-order valence-corrected chi connectivity index (χ1v) is 9.32. The number of para-hydroxylation sites is 1. The van der Waals surface area contributed by atoms with Crippen molar-refractivity contribution in [2.24, 2.45) is 0 Å². The van der Waals surface area contributed by atoms with Crippen LogP contribution in [0.1, 0.15) is 28.5 Å². The lowest BCUT2D eigenvalue weighted by molar-refractivity contribution is -0.150. The zero-order valence-corrected chi connectivity index (χ0v) is 14.6. The summed E-state index contributed by atoms with van der Waals surface area (Å²) < 4.78 is 10.9. The summed E-state index contributed by atoms with van der Waals surface area (Å²) in [6.45, 7) is 1.03. The van der Waals surface area contributed by atoms with Gasteiger partial charge >= 0.3 is 5.97 Å². The zero-order valence-electron chi connectivity index (χ0n) is 13.8. The van der Waals surface area contributed by atoms with Crippen molar-refractivity contribution in [1.29, 1.82) is 0 Å². The minimum Gasteiger partial charge on any atom is -0.455 e. The van der Waals surface area contributed by atoms with E-state index in [4.69, 9.17) is 9.47 Å². The van der Waals surface area contributed by atoms with E-state index in [2.05, 4.69) is 6.07 Å². The Labute approximate surface area is 150 Å². The fourth-order valence-electron chi connectivity index (χ4n) is 3.40. The van der Waals surface area contributed by atoms with Crippen molar-refractivity contribution in [2.45, 2.75) is 25.4 Å². The Hall–Kier alpha value is -2.18. The summed E-state index contributed by atoms with van der Waals surface area (Å²) in [5.41, 5.74) is 3.32. The highest BCUT2D eigenvalue weighted by Crippen LogP contribution is 2.34. The Morgan fingerprint density at radius 3 is 3.00 bits per heavy atom. The Bertz CT molecular complexity index is 800. The van der Waals surface area contributed by atoms with Crippen molar-refractivity contribution >= 4 is 28.9 Å². The third-order valence-electron chi connectivity index (χ3n) is 4.66. The van der Waals surface area contributed by atoms with Gasteiger partial charge in [-0.2, -0.15) is 0 Å². The maximum Gasteiger partial charge on any atom is 0.309 e. The van der Waals surface area contributed by atoms with Crippen LogP contribution in [0.5, 0.6) is 0 Å². The molecule has 1 atom stereocenters. The summed E-state index contributed by atoms with van der Waals surface area (Å²) in [6, 6.07) is 9.91. The van der Waals surface area contributed by atoms with Gasteiger partial charge in [0.05, 0.1) is 13.0 Å². The van der Waals surface area contributed by atoms with Gasteiger partial charge in [0.15, 0.2) is 6.61 Å². The first-order valence-electron chi connectivity index (χ1n) is 8.44. The molecule has 0 fully saturated rings. The fraction of sp³-hybridized carbons (Fsp3) is 0.368. The molecule has 2 aromatic rings. The van der Waals surface area contributed by atoms with Crippen LogP contribution in [-0.4, -0.2) is 31.6 Å². The molecule has 1 amide bonds. The molecule has 2 aliphatic rings. The predicted octanol–water partition coefficient (Wildman–Crippen LogP) is 2.88. The van der Waals surface area contributed by atoms with E-state index in [1.807, 2.05) is 29.6 Å². The summed E-state index contributed by atoms with van der Waals surface area (Å²) in [5.74, 6) is -0.577. The number of amides is 1. The van der Waals surface area contributed by atoms with Crippen LogP contribution in [0.3, 0.4) is 0 Å². The topological polar surface area (TPSA) is 55.8 Å². The van der Waals surface area contributed by atoms with Crippen LogP contribution in [0.25, 0.3) is 0 Å². The number of carbonyl (C=O) groups is 2. The van der Waals surface area contributed by atoms with E-state index in [0.717, 1.165) is 29.0 Å². The monoisotopic (exact) mass is 357 g/mol. The van der Waals surface area contributed by atoms with Crippen LogP contribution in [-0.2, 0) is 31.9 Å². The SMILES string of the molecule is O=C(CC1OCCc2ccsc21)OCC(=O)N1CCc2ccccc21. The van der Waals surface area contributed by atoms with Crippen molar-refractivity contribution in [3.63, 3.8) is 0 Å². The normalized spacial score (nSPS) is 18.6. The summed E-state index contributed by atoms with van der Waals surface area (Å²) in [5, 5.41) is 2.02. The lowest BCUT2D eigenvalue weighted by Crippen LogP contribution is -2.33. The summed E-state index contributed by atoms with van der Waals surface area (Å²) in [7, 11) is 0. The van der Waals surface area contributed by atoms with Crippen molar-refractivity contribution in [3.8, 4) is 0 Å². The molecule has 3 heterocycles. The first kappa shape index (κ1) is 16.3. The van der Waals surface area contributed by atoms with Gasteiger partial charge in [-0.3, -0.25) is 9.59 Å². The molecule has 0 radical (unpaired) electrons. The average molecular weight is 357 g/mol. The second-order valence-corrected chi connectivity index (χ2v) is 7.16. The Morgan fingerprint density at radius 2 is 2.08 bits per heavy atom. The molecule has 0 saturated carbocycles. The standard InChI is InChI=1S/C19H19NO4S/c21-17(20-8-5-13-3-1-2-4-15(13)20)12-24-18(22)11-16-19-14(6-9-23-16)7-10-25-19/h1-4,7,10,16H,5-6,8-9,11-12H2. The summed E-state index contributed by atoms with van der Waals surface area (Å²) in [4.78, 5) is 27.3. The third-order valence-corrected chi connectivity index (χ3v) is 5.71. The van der Waals surface area contributed by atoms with E-state index in [0.29, 0.717) is 13.2 Å². The molecule has 5 nitrogen and oxygen atoms in total. The Morgan fingerprint density at radius 1 is 1.20 bits per heavy atom. The number of esters is 1. The van der Waals surface area contributed by atoms with Crippen LogP contribution in [0.4, 0.5) is 5.69 Å². The molecule has 0 bridgehead atoms. The minimum atomic E-state index is -0.396. The lowest BCUT2D eigenvalue weighted by atomic mass is 10.1. The van der Waals surface area contributed by atoms with E-state index in [1.54, 1.807) is 16.2 Å². The maximum absolute atomic E-state index is 12.4. The van der Waals surface area contributed by atoms with E-state index in [9.17, 15) is 9.59 Å². The molecule has 0 saturated heterocycles. The summed E-state index contributed by atoms with van der Waals surface area (Å²) >= 11 is 1.60. The maximum atomic E-state index is 12.4. The second-order valence-electron chi connectivity index (χ2n) is 6.21. The molecule has 0 spiro atoms. The van der Waals surface area contributed by atoms with Gasteiger partial charge in [0.25, 0.3) is 5.91 Å². The zero-order chi connectivity index (χ0) is 17.2. The third kappa shape index (κ3) is 3.32. The number of anilines is 1. The van der Waals surface area contributed by atoms with Crippen molar-refractivity contribution in [3.05, 3.63) is 51.7 Å². The largest absolute Gasteiger partial charge is 0.455 e. The molecule has 4 rings (SSSR count). The average Bonchev–Trinajstić information content (AvgIpc) is 3.27. The van der Waals surface area contributed by atoms with E-state index >= 15 is 0 Å². The smallest absolute Gasteiger partial charge is 0.309 e. The van der Waals surface area contributed by atoms with Crippen LogP contribution in [0.2, 0.25) is 0 Å². The van der Waals surface area contributed by atoms with Gasteiger partial charge in [0, 0.05) is 17.1 Å². The first-order chi connectivity index (χ1) is 12.2. The van der Waals surface area contributed by atoms with Crippen LogP contribution in [0.15, 0.2) is 35.7 Å². The number of benzene rings is 1. The molecule has 1 aromatic heterocycles. The predicted molar refractivity (Wildman–Crippen MR) is 94.8 cm³/mol. The number of thiophene rings is 1. The molecule has 25 heavy (non-hydrogen) atoms. The molecule has 130 valence electrons. The highest BCUT2D eigenvalue weighted by molar-refractivity contribution is 7.10. The van der Waals surface area contributed by atoms with Gasteiger partial charge in [-0.15, -0.1) is 11.3 Å². The molecule has 6 heteroatoms. The van der Waals surface area contributed by atoms with Gasteiger partial charge < -0.3 is 14.4 Å². The van der Waals surface area contributed by atoms with Gasteiger partial charge in [0.2, 0.25) is 0 Å². The summed E-state index contributed by atoms with van der Waals surface area (Å²) in [6.07, 6.45) is 1.63.